The van der Waals surface area contributed by atoms with Gasteiger partial charge in [-0.15, -0.1) is 0 Å². The first-order chi connectivity index (χ1) is 19.0. The van der Waals surface area contributed by atoms with Crippen molar-refractivity contribution in [1.82, 2.24) is 0 Å². The van der Waals surface area contributed by atoms with Crippen LogP contribution in [-0.4, -0.2) is 43.1 Å². The molecule has 10 heteroatoms. The highest BCUT2D eigenvalue weighted by molar-refractivity contribution is 5.67. The number of aryl methyl sites for hydroxylation is 1. The van der Waals surface area contributed by atoms with Crippen molar-refractivity contribution in [1.29, 1.82) is 0 Å². The maximum atomic E-state index is 12.9. The Balaban J connectivity index is 1.46. The molecule has 1 saturated heterocycles. The van der Waals surface area contributed by atoms with E-state index in [2.05, 4.69) is 0 Å². The molecule has 0 aromatic heterocycles. The van der Waals surface area contributed by atoms with Gasteiger partial charge in [0.15, 0.2) is 12.4 Å². The smallest absolute Gasteiger partial charge is 0.416 e. The maximum Gasteiger partial charge on any atom is 0.416 e. The summed E-state index contributed by atoms with van der Waals surface area (Å²) in [5, 5.41) is 0. The summed E-state index contributed by atoms with van der Waals surface area (Å²) in [7, 11) is 0. The molecule has 0 amide bonds. The van der Waals surface area contributed by atoms with Crippen LogP contribution in [-0.2, 0) is 47.7 Å². The van der Waals surface area contributed by atoms with Gasteiger partial charge in [-0.25, -0.2) is 0 Å². The summed E-state index contributed by atoms with van der Waals surface area (Å²) in [4.78, 5) is 23.4. The highest BCUT2D eigenvalue weighted by Gasteiger charge is 2.47. The molecule has 220 valence electrons. The van der Waals surface area contributed by atoms with Crippen molar-refractivity contribution in [2.75, 3.05) is 6.61 Å². The van der Waals surface area contributed by atoms with E-state index in [4.69, 9.17) is 23.7 Å². The molecule has 0 bridgehead atoms. The summed E-state index contributed by atoms with van der Waals surface area (Å²) in [6.45, 7) is 6.87. The first kappa shape index (κ1) is 31.4. The SMILES string of the molecule is CC[C@H]1O[C@@H](OCCCCc2ccc(OCc3cccc(C(F)(F)F)c3)cc2)[C@H](OC(C)=O)[C@@H](OC(C)=O)[C@@H]1C. The molecule has 2 aromatic carbocycles. The van der Waals surface area contributed by atoms with Gasteiger partial charge in [0, 0.05) is 26.4 Å². The van der Waals surface area contributed by atoms with Gasteiger partial charge < -0.3 is 23.7 Å². The first-order valence-electron chi connectivity index (χ1n) is 13.5. The van der Waals surface area contributed by atoms with Crippen LogP contribution < -0.4 is 4.74 Å². The van der Waals surface area contributed by atoms with E-state index in [-0.39, 0.29) is 18.6 Å². The van der Waals surface area contributed by atoms with Gasteiger partial charge in [-0.05, 0) is 61.1 Å². The van der Waals surface area contributed by atoms with Gasteiger partial charge in [0.1, 0.15) is 18.5 Å². The Morgan fingerprint density at radius 2 is 1.60 bits per heavy atom. The van der Waals surface area contributed by atoms with Gasteiger partial charge >= 0.3 is 18.1 Å². The van der Waals surface area contributed by atoms with Crippen LogP contribution in [0.2, 0.25) is 0 Å². The van der Waals surface area contributed by atoms with Crippen molar-refractivity contribution in [3.8, 4) is 5.75 Å². The molecule has 1 heterocycles. The molecule has 2 aromatic rings. The second-order valence-electron chi connectivity index (χ2n) is 9.92. The van der Waals surface area contributed by atoms with Crippen LogP contribution >= 0.6 is 0 Å². The predicted octanol–water partition coefficient (Wildman–Crippen LogP) is 6.26. The van der Waals surface area contributed by atoms with Crippen molar-refractivity contribution in [2.45, 2.75) is 90.8 Å². The number of carbonyl (C=O) groups is 2. The molecular formula is C30H37F3O7. The highest BCUT2D eigenvalue weighted by Crippen LogP contribution is 2.33. The van der Waals surface area contributed by atoms with Crippen molar-refractivity contribution in [2.24, 2.45) is 5.92 Å². The van der Waals surface area contributed by atoms with E-state index < -0.39 is 42.2 Å². The van der Waals surface area contributed by atoms with E-state index in [1.165, 1.54) is 19.9 Å². The molecule has 1 aliphatic rings. The summed E-state index contributed by atoms with van der Waals surface area (Å²) in [6, 6.07) is 12.5. The minimum atomic E-state index is -4.39. The average Bonchev–Trinajstić information content (AvgIpc) is 2.90. The maximum absolute atomic E-state index is 12.9. The number of benzene rings is 2. The third-order valence-electron chi connectivity index (χ3n) is 6.74. The molecular weight excluding hydrogens is 529 g/mol. The zero-order valence-electron chi connectivity index (χ0n) is 23.2. The second kappa shape index (κ2) is 14.5. The van der Waals surface area contributed by atoms with E-state index in [0.29, 0.717) is 30.8 Å². The summed E-state index contributed by atoms with van der Waals surface area (Å²) in [6.07, 6.45) is -3.98. The molecule has 40 heavy (non-hydrogen) atoms. The van der Waals surface area contributed by atoms with Crippen LogP contribution in [0.3, 0.4) is 0 Å². The minimum absolute atomic E-state index is 0.0359. The molecule has 1 aliphatic heterocycles. The van der Waals surface area contributed by atoms with Crippen LogP contribution in [0.15, 0.2) is 48.5 Å². The number of ether oxygens (including phenoxy) is 5. The van der Waals surface area contributed by atoms with Crippen molar-refractivity contribution >= 4 is 11.9 Å². The van der Waals surface area contributed by atoms with Gasteiger partial charge in [0.25, 0.3) is 0 Å². The molecule has 0 radical (unpaired) electrons. The molecule has 3 rings (SSSR count). The van der Waals surface area contributed by atoms with E-state index >= 15 is 0 Å². The number of alkyl halides is 3. The Labute approximate surface area is 232 Å². The summed E-state index contributed by atoms with van der Waals surface area (Å²) in [5.74, 6) is -0.576. The zero-order valence-corrected chi connectivity index (χ0v) is 23.2. The van der Waals surface area contributed by atoms with Crippen LogP contribution in [0.1, 0.15) is 63.6 Å². The van der Waals surface area contributed by atoms with Crippen LogP contribution in [0.4, 0.5) is 13.2 Å². The molecule has 5 atom stereocenters. The largest absolute Gasteiger partial charge is 0.489 e. The number of unbranched alkanes of at least 4 members (excludes halogenated alkanes) is 1. The third kappa shape index (κ3) is 9.23. The lowest BCUT2D eigenvalue weighted by Crippen LogP contribution is -2.57. The van der Waals surface area contributed by atoms with Gasteiger partial charge in [-0.3, -0.25) is 9.59 Å². The average molecular weight is 567 g/mol. The standard InChI is InChI=1S/C30H37F3O7/c1-5-26-19(2)27(38-20(3)34)28(39-21(4)35)29(40-26)36-16-7-6-9-22-12-14-25(15-13-22)37-18-23-10-8-11-24(17-23)30(31,32)33/h8,10-15,17,19,26-29H,5-7,9,16,18H2,1-4H3/t19-,26-,27+,28-,29-/m1/s1. The predicted molar refractivity (Wildman–Crippen MR) is 140 cm³/mol. The van der Waals surface area contributed by atoms with Crippen LogP contribution in [0, 0.1) is 5.92 Å². The van der Waals surface area contributed by atoms with Gasteiger partial charge in [-0.2, -0.15) is 13.2 Å². The van der Waals surface area contributed by atoms with Crippen molar-refractivity contribution in [3.63, 3.8) is 0 Å². The van der Waals surface area contributed by atoms with E-state index in [1.54, 1.807) is 18.2 Å². The molecule has 0 saturated carbocycles. The van der Waals surface area contributed by atoms with Crippen LogP contribution in [0.5, 0.6) is 5.75 Å². The Morgan fingerprint density at radius 3 is 2.23 bits per heavy atom. The summed E-state index contributed by atoms with van der Waals surface area (Å²) >= 11 is 0. The molecule has 0 spiro atoms. The Morgan fingerprint density at radius 1 is 0.925 bits per heavy atom. The van der Waals surface area contributed by atoms with Gasteiger partial charge in [-0.1, -0.05) is 38.1 Å². The number of rotatable bonds is 12. The van der Waals surface area contributed by atoms with E-state index in [1.807, 2.05) is 26.0 Å². The Bertz CT molecular complexity index is 1100. The van der Waals surface area contributed by atoms with Crippen LogP contribution in [0.25, 0.3) is 0 Å². The normalized spacial score (nSPS) is 22.9. The fourth-order valence-electron chi connectivity index (χ4n) is 4.71. The lowest BCUT2D eigenvalue weighted by molar-refractivity contribution is -0.290. The van der Waals surface area contributed by atoms with E-state index in [9.17, 15) is 22.8 Å². The van der Waals surface area contributed by atoms with Crippen molar-refractivity contribution < 1.29 is 46.4 Å². The highest BCUT2D eigenvalue weighted by atomic mass is 19.4. The number of hydrogen-bond acceptors (Lipinski definition) is 7. The fraction of sp³-hybridized carbons (Fsp3) is 0.533. The molecule has 1 fully saturated rings. The molecule has 0 N–H and O–H groups in total. The zero-order chi connectivity index (χ0) is 29.3. The minimum Gasteiger partial charge on any atom is -0.489 e. The molecule has 0 aliphatic carbocycles. The van der Waals surface area contributed by atoms with Gasteiger partial charge in [0.05, 0.1) is 11.7 Å². The monoisotopic (exact) mass is 566 g/mol. The summed E-state index contributed by atoms with van der Waals surface area (Å²) in [5.41, 5.74) is 0.817. The fourth-order valence-corrected chi connectivity index (χ4v) is 4.71. The Kier molecular flexibility index (Phi) is 11.4. The second-order valence-corrected chi connectivity index (χ2v) is 9.92. The number of esters is 2. The first-order valence-corrected chi connectivity index (χ1v) is 13.5. The quantitative estimate of drug-likeness (QED) is 0.222. The Hall–Kier alpha value is -3.11. The number of hydrogen-bond donors (Lipinski definition) is 0. The number of halogens is 3. The summed E-state index contributed by atoms with van der Waals surface area (Å²) < 4.78 is 67.3. The van der Waals surface area contributed by atoms with Gasteiger partial charge in [0.2, 0.25) is 0 Å². The molecule has 7 nitrogen and oxygen atoms in total. The lowest BCUT2D eigenvalue weighted by atomic mass is 9.89. The molecule has 0 unspecified atom stereocenters. The third-order valence-corrected chi connectivity index (χ3v) is 6.74. The number of carbonyl (C=O) groups excluding carboxylic acids is 2. The topological polar surface area (TPSA) is 80.3 Å². The lowest BCUT2D eigenvalue weighted by Gasteiger charge is -2.43. The van der Waals surface area contributed by atoms with E-state index in [0.717, 1.165) is 30.5 Å². The van der Waals surface area contributed by atoms with Crippen molar-refractivity contribution in [3.05, 3.63) is 65.2 Å².